The van der Waals surface area contributed by atoms with Crippen molar-refractivity contribution in [2.24, 2.45) is 5.92 Å². The summed E-state index contributed by atoms with van der Waals surface area (Å²) < 4.78 is 0. The molecule has 0 spiro atoms. The first-order valence-corrected chi connectivity index (χ1v) is 4.11. The van der Waals surface area contributed by atoms with Gasteiger partial charge in [0.1, 0.15) is 0 Å². The lowest BCUT2D eigenvalue weighted by molar-refractivity contribution is 0.534. The zero-order chi connectivity index (χ0) is 8.27. The fraction of sp³-hybridized carbons (Fsp3) is 0.500. The third-order valence-electron chi connectivity index (χ3n) is 2.21. The molecule has 1 heteroatoms. The molecule has 0 aliphatic heterocycles. The summed E-state index contributed by atoms with van der Waals surface area (Å²) in [6, 6.07) is 4.13. The second-order valence-corrected chi connectivity index (χ2v) is 3.32. The molecule has 0 aromatic carbocycles. The van der Waals surface area contributed by atoms with Gasteiger partial charge in [-0.25, -0.2) is 0 Å². The summed E-state index contributed by atoms with van der Waals surface area (Å²) >= 11 is 0. The van der Waals surface area contributed by atoms with Gasteiger partial charge in [0, 0.05) is 12.4 Å². The molecule has 11 heavy (non-hydrogen) atoms. The smallest absolute Gasteiger partial charge is 0.0302 e. The van der Waals surface area contributed by atoms with Gasteiger partial charge in [-0.2, -0.15) is 0 Å². The van der Waals surface area contributed by atoms with E-state index >= 15 is 0 Å². The minimum Gasteiger partial charge on any atom is -0.264 e. The molecule has 0 bridgehead atoms. The van der Waals surface area contributed by atoms with Crippen molar-refractivity contribution in [1.29, 1.82) is 0 Å². The van der Waals surface area contributed by atoms with Crippen LogP contribution in [0.25, 0.3) is 0 Å². The molecule has 1 nitrogen and oxygen atoms in total. The van der Waals surface area contributed by atoms with E-state index < -0.39 is 0 Å². The molecule has 1 aromatic heterocycles. The van der Waals surface area contributed by atoms with E-state index in [1.54, 1.807) is 0 Å². The highest BCUT2D eigenvalue weighted by atomic mass is 14.6. The van der Waals surface area contributed by atoms with E-state index in [0.717, 1.165) is 0 Å². The van der Waals surface area contributed by atoms with E-state index in [1.807, 2.05) is 18.5 Å². The highest BCUT2D eigenvalue weighted by Crippen LogP contribution is 2.21. The molecule has 0 radical (unpaired) electrons. The Morgan fingerprint density at radius 1 is 1.27 bits per heavy atom. The monoisotopic (exact) mass is 149 g/mol. The molecular formula is C10H15N. The van der Waals surface area contributed by atoms with Gasteiger partial charge < -0.3 is 0 Å². The number of hydrogen-bond donors (Lipinski definition) is 0. The van der Waals surface area contributed by atoms with Gasteiger partial charge in [0.15, 0.2) is 0 Å². The zero-order valence-corrected chi connectivity index (χ0v) is 7.41. The molecule has 0 saturated heterocycles. The first-order valence-electron chi connectivity index (χ1n) is 4.11. The summed E-state index contributed by atoms with van der Waals surface area (Å²) in [4.78, 5) is 4.09. The van der Waals surface area contributed by atoms with Crippen molar-refractivity contribution < 1.29 is 0 Å². The molecule has 0 fully saturated rings. The van der Waals surface area contributed by atoms with Crippen molar-refractivity contribution in [1.82, 2.24) is 4.98 Å². The average molecular weight is 149 g/mol. The molecule has 1 unspecified atom stereocenters. The van der Waals surface area contributed by atoms with Crippen LogP contribution in [0.5, 0.6) is 0 Å². The maximum absolute atomic E-state index is 4.09. The molecule has 0 amide bonds. The SMILES string of the molecule is CC(C)C(C)c1cccnc1. The Hall–Kier alpha value is -0.850. The first kappa shape index (κ1) is 8.25. The van der Waals surface area contributed by atoms with Crippen LogP contribution in [0.15, 0.2) is 24.5 Å². The predicted octanol–water partition coefficient (Wildman–Crippen LogP) is 2.84. The minimum atomic E-state index is 0.615. The predicted molar refractivity (Wildman–Crippen MR) is 47.5 cm³/mol. The van der Waals surface area contributed by atoms with Gasteiger partial charge in [-0.1, -0.05) is 26.8 Å². The minimum absolute atomic E-state index is 0.615. The van der Waals surface area contributed by atoms with Crippen LogP contribution in [0, 0.1) is 5.92 Å². The van der Waals surface area contributed by atoms with Crippen LogP contribution in [0.3, 0.4) is 0 Å². The Morgan fingerprint density at radius 2 is 2.00 bits per heavy atom. The van der Waals surface area contributed by atoms with Crippen molar-refractivity contribution in [3.8, 4) is 0 Å². The van der Waals surface area contributed by atoms with E-state index in [-0.39, 0.29) is 0 Å². The Kier molecular flexibility index (Phi) is 2.64. The third-order valence-corrected chi connectivity index (χ3v) is 2.21. The van der Waals surface area contributed by atoms with Crippen LogP contribution < -0.4 is 0 Å². The van der Waals surface area contributed by atoms with Crippen LogP contribution in [-0.4, -0.2) is 4.98 Å². The van der Waals surface area contributed by atoms with Gasteiger partial charge in [0.25, 0.3) is 0 Å². The molecule has 0 aliphatic rings. The van der Waals surface area contributed by atoms with Crippen LogP contribution in [-0.2, 0) is 0 Å². The van der Waals surface area contributed by atoms with Gasteiger partial charge in [-0.15, -0.1) is 0 Å². The fourth-order valence-electron chi connectivity index (χ4n) is 1.03. The maximum Gasteiger partial charge on any atom is 0.0302 e. The normalized spacial score (nSPS) is 13.5. The molecule has 1 atom stereocenters. The Morgan fingerprint density at radius 3 is 2.45 bits per heavy atom. The van der Waals surface area contributed by atoms with Crippen molar-refractivity contribution in [3.05, 3.63) is 30.1 Å². The van der Waals surface area contributed by atoms with Gasteiger partial charge in [-0.3, -0.25) is 4.98 Å². The highest BCUT2D eigenvalue weighted by Gasteiger charge is 2.08. The molecular weight excluding hydrogens is 134 g/mol. The van der Waals surface area contributed by atoms with Crippen LogP contribution >= 0.6 is 0 Å². The summed E-state index contributed by atoms with van der Waals surface area (Å²) in [5.41, 5.74) is 1.34. The number of aromatic nitrogens is 1. The number of rotatable bonds is 2. The van der Waals surface area contributed by atoms with Crippen molar-refractivity contribution in [3.63, 3.8) is 0 Å². The lowest BCUT2D eigenvalue weighted by Crippen LogP contribution is -2.01. The Balaban J connectivity index is 2.77. The Labute approximate surface area is 68.5 Å². The molecule has 1 aromatic rings. The summed E-state index contributed by atoms with van der Waals surface area (Å²) in [5.74, 6) is 1.31. The maximum atomic E-state index is 4.09. The number of nitrogens with zero attached hydrogens (tertiary/aromatic N) is 1. The standard InChI is InChI=1S/C10H15N/c1-8(2)9(3)10-5-4-6-11-7-10/h4-9H,1-3H3. The van der Waals surface area contributed by atoms with E-state index in [4.69, 9.17) is 0 Å². The van der Waals surface area contributed by atoms with Crippen LogP contribution in [0.2, 0.25) is 0 Å². The van der Waals surface area contributed by atoms with E-state index in [2.05, 4.69) is 31.8 Å². The van der Waals surface area contributed by atoms with Gasteiger partial charge in [0.2, 0.25) is 0 Å². The first-order chi connectivity index (χ1) is 5.22. The zero-order valence-electron chi connectivity index (χ0n) is 7.41. The van der Waals surface area contributed by atoms with Gasteiger partial charge >= 0.3 is 0 Å². The van der Waals surface area contributed by atoms with Gasteiger partial charge in [-0.05, 0) is 23.5 Å². The van der Waals surface area contributed by atoms with Crippen molar-refractivity contribution in [2.75, 3.05) is 0 Å². The van der Waals surface area contributed by atoms with E-state index in [0.29, 0.717) is 11.8 Å². The quantitative estimate of drug-likeness (QED) is 0.630. The van der Waals surface area contributed by atoms with Crippen molar-refractivity contribution in [2.45, 2.75) is 26.7 Å². The number of hydrogen-bond acceptors (Lipinski definition) is 1. The summed E-state index contributed by atoms with van der Waals surface area (Å²) in [5, 5.41) is 0. The van der Waals surface area contributed by atoms with Crippen LogP contribution in [0.4, 0.5) is 0 Å². The second-order valence-electron chi connectivity index (χ2n) is 3.32. The van der Waals surface area contributed by atoms with Crippen molar-refractivity contribution >= 4 is 0 Å². The number of pyridine rings is 1. The topological polar surface area (TPSA) is 12.9 Å². The summed E-state index contributed by atoms with van der Waals surface area (Å²) in [6.45, 7) is 6.71. The molecule has 0 saturated carbocycles. The average Bonchev–Trinajstić information content (AvgIpc) is 2.05. The third kappa shape index (κ3) is 2.04. The molecule has 60 valence electrons. The molecule has 1 rings (SSSR count). The molecule has 0 N–H and O–H groups in total. The Bertz CT molecular complexity index is 203. The van der Waals surface area contributed by atoms with E-state index in [1.165, 1.54) is 5.56 Å². The van der Waals surface area contributed by atoms with Crippen LogP contribution in [0.1, 0.15) is 32.3 Å². The summed E-state index contributed by atoms with van der Waals surface area (Å²) in [7, 11) is 0. The van der Waals surface area contributed by atoms with E-state index in [9.17, 15) is 0 Å². The molecule has 0 aliphatic carbocycles. The lowest BCUT2D eigenvalue weighted by atomic mass is 9.92. The largest absolute Gasteiger partial charge is 0.264 e. The lowest BCUT2D eigenvalue weighted by Gasteiger charge is -2.14. The second kappa shape index (κ2) is 3.51. The fourth-order valence-corrected chi connectivity index (χ4v) is 1.03. The van der Waals surface area contributed by atoms with Gasteiger partial charge in [0.05, 0.1) is 0 Å². The summed E-state index contributed by atoms with van der Waals surface area (Å²) in [6.07, 6.45) is 3.77. The molecule has 1 heterocycles. The highest BCUT2D eigenvalue weighted by molar-refractivity contribution is 5.13.